The van der Waals surface area contributed by atoms with Crippen molar-refractivity contribution in [2.24, 2.45) is 5.10 Å². The van der Waals surface area contributed by atoms with Crippen molar-refractivity contribution in [3.05, 3.63) is 63.7 Å². The summed E-state index contributed by atoms with van der Waals surface area (Å²) < 4.78 is 5.27. The molecule has 114 valence electrons. The van der Waals surface area contributed by atoms with Crippen molar-refractivity contribution in [2.75, 3.05) is 7.11 Å². The molecule has 0 heterocycles. The van der Waals surface area contributed by atoms with E-state index in [9.17, 15) is 4.79 Å². The zero-order valence-corrected chi connectivity index (χ0v) is 13.4. The van der Waals surface area contributed by atoms with Crippen molar-refractivity contribution >= 4 is 23.7 Å². The number of hydrogen-bond donors (Lipinski definition) is 1. The van der Waals surface area contributed by atoms with Crippen molar-refractivity contribution in [3.63, 3.8) is 0 Å². The third-order valence-corrected chi connectivity index (χ3v) is 3.82. The second-order valence-electron chi connectivity index (χ2n) is 4.79. The molecule has 2 rings (SSSR count). The third-order valence-electron chi connectivity index (χ3n) is 3.49. The van der Waals surface area contributed by atoms with E-state index in [0.717, 1.165) is 22.4 Å². The van der Waals surface area contributed by atoms with Crippen molar-refractivity contribution in [1.82, 2.24) is 5.43 Å². The number of carbonyl (C=O) groups excluding carboxylic acids is 1. The van der Waals surface area contributed by atoms with Crippen molar-refractivity contribution < 1.29 is 9.53 Å². The Labute approximate surface area is 134 Å². The number of ether oxygens (including phenoxy) is 1. The molecule has 1 N–H and O–H groups in total. The molecular formula is C17H17ClN2O2. The van der Waals surface area contributed by atoms with Gasteiger partial charge in [-0.25, -0.2) is 5.43 Å². The van der Waals surface area contributed by atoms with E-state index in [-0.39, 0.29) is 5.91 Å². The summed E-state index contributed by atoms with van der Waals surface area (Å²) >= 11 is 5.97. The van der Waals surface area contributed by atoms with Gasteiger partial charge in [0.15, 0.2) is 0 Å². The zero-order valence-electron chi connectivity index (χ0n) is 12.7. The monoisotopic (exact) mass is 316 g/mol. The van der Waals surface area contributed by atoms with Crippen molar-refractivity contribution in [1.29, 1.82) is 0 Å². The zero-order chi connectivity index (χ0) is 16.1. The summed E-state index contributed by atoms with van der Waals surface area (Å²) in [7, 11) is 1.64. The summed E-state index contributed by atoms with van der Waals surface area (Å²) in [6.45, 7) is 3.96. The van der Waals surface area contributed by atoms with E-state index in [2.05, 4.69) is 10.5 Å². The average molecular weight is 317 g/mol. The number of benzene rings is 2. The molecule has 1 amide bonds. The minimum absolute atomic E-state index is 0.343. The molecule has 0 bridgehead atoms. The number of hydrazone groups is 1. The van der Waals surface area contributed by atoms with E-state index >= 15 is 0 Å². The van der Waals surface area contributed by atoms with Crippen LogP contribution in [0.3, 0.4) is 0 Å². The molecule has 0 spiro atoms. The summed E-state index contributed by atoms with van der Waals surface area (Å²) in [4.78, 5) is 12.0. The Morgan fingerprint density at radius 3 is 2.59 bits per heavy atom. The van der Waals surface area contributed by atoms with Crippen LogP contribution < -0.4 is 10.2 Å². The van der Waals surface area contributed by atoms with Crippen molar-refractivity contribution in [2.45, 2.75) is 13.8 Å². The minimum Gasteiger partial charge on any atom is -0.496 e. The van der Waals surface area contributed by atoms with Gasteiger partial charge in [-0.2, -0.15) is 5.10 Å². The first kappa shape index (κ1) is 16.0. The second kappa shape index (κ2) is 7.09. The highest BCUT2D eigenvalue weighted by atomic mass is 35.5. The first-order valence-electron chi connectivity index (χ1n) is 6.76. The van der Waals surface area contributed by atoms with Crippen molar-refractivity contribution in [3.8, 4) is 5.75 Å². The first-order chi connectivity index (χ1) is 10.5. The van der Waals surface area contributed by atoms with E-state index in [1.807, 2.05) is 26.0 Å². The summed E-state index contributed by atoms with van der Waals surface area (Å²) in [6.07, 6.45) is 1.61. The number of carbonyl (C=O) groups is 1. The number of nitrogens with one attached hydrogen (secondary N) is 1. The number of methoxy groups -OCH3 is 1. The predicted octanol–water partition coefficient (Wildman–Crippen LogP) is 3.73. The van der Waals surface area contributed by atoms with E-state index in [0.29, 0.717) is 10.6 Å². The SMILES string of the molecule is COc1ccc(C=NNC(=O)c2ccccc2Cl)c(C)c1C. The van der Waals surface area contributed by atoms with Crippen LogP contribution in [-0.4, -0.2) is 19.2 Å². The van der Waals surface area contributed by atoms with E-state index in [4.69, 9.17) is 16.3 Å². The van der Waals surface area contributed by atoms with Crippen LogP contribution in [0.5, 0.6) is 5.75 Å². The number of amides is 1. The van der Waals surface area contributed by atoms with E-state index < -0.39 is 0 Å². The molecule has 5 heteroatoms. The van der Waals surface area contributed by atoms with Crippen LogP contribution in [-0.2, 0) is 0 Å². The molecule has 0 fully saturated rings. The van der Waals surface area contributed by atoms with Gasteiger partial charge in [-0.15, -0.1) is 0 Å². The summed E-state index contributed by atoms with van der Waals surface area (Å²) in [5, 5.41) is 4.39. The van der Waals surface area contributed by atoms with Gasteiger partial charge in [-0.05, 0) is 54.8 Å². The number of rotatable bonds is 4. The molecule has 0 saturated carbocycles. The molecule has 0 radical (unpaired) electrons. The molecule has 4 nitrogen and oxygen atoms in total. The summed E-state index contributed by atoms with van der Waals surface area (Å²) in [5.41, 5.74) is 5.88. The summed E-state index contributed by atoms with van der Waals surface area (Å²) in [6, 6.07) is 10.6. The highest BCUT2D eigenvalue weighted by Crippen LogP contribution is 2.22. The molecule has 0 atom stereocenters. The van der Waals surface area contributed by atoms with Gasteiger partial charge in [0.1, 0.15) is 5.75 Å². The normalized spacial score (nSPS) is 10.7. The van der Waals surface area contributed by atoms with Gasteiger partial charge in [0.05, 0.1) is 23.9 Å². The Balaban J connectivity index is 2.12. The molecule has 0 aliphatic rings. The highest BCUT2D eigenvalue weighted by molar-refractivity contribution is 6.33. The van der Waals surface area contributed by atoms with Gasteiger partial charge in [0.25, 0.3) is 5.91 Å². The molecule has 0 aliphatic carbocycles. The number of hydrogen-bond acceptors (Lipinski definition) is 3. The quantitative estimate of drug-likeness (QED) is 0.690. The molecule has 0 aromatic heterocycles. The maximum atomic E-state index is 12.0. The Morgan fingerprint density at radius 2 is 1.91 bits per heavy atom. The molecule has 2 aromatic carbocycles. The van der Waals surface area contributed by atoms with Gasteiger partial charge >= 0.3 is 0 Å². The molecule has 0 aliphatic heterocycles. The fourth-order valence-electron chi connectivity index (χ4n) is 2.04. The average Bonchev–Trinajstić information content (AvgIpc) is 2.52. The van der Waals surface area contributed by atoms with Gasteiger partial charge < -0.3 is 4.74 Å². The lowest BCUT2D eigenvalue weighted by Crippen LogP contribution is -2.18. The van der Waals surface area contributed by atoms with Crippen LogP contribution in [0.25, 0.3) is 0 Å². The van der Waals surface area contributed by atoms with Crippen LogP contribution in [0.4, 0.5) is 0 Å². The Bertz CT molecular complexity index is 727. The fraction of sp³-hybridized carbons (Fsp3) is 0.176. The van der Waals surface area contributed by atoms with E-state index in [1.165, 1.54) is 0 Å². The molecular weight excluding hydrogens is 300 g/mol. The molecule has 22 heavy (non-hydrogen) atoms. The van der Waals surface area contributed by atoms with Crippen LogP contribution in [0.15, 0.2) is 41.5 Å². The smallest absolute Gasteiger partial charge is 0.272 e. The lowest BCUT2D eigenvalue weighted by Gasteiger charge is -2.09. The maximum Gasteiger partial charge on any atom is 0.272 e. The van der Waals surface area contributed by atoms with E-state index in [1.54, 1.807) is 37.6 Å². The van der Waals surface area contributed by atoms with Crippen LogP contribution >= 0.6 is 11.6 Å². The standard InChI is InChI=1S/C17H17ClN2O2/c1-11-12(2)16(22-3)9-8-13(11)10-19-20-17(21)14-6-4-5-7-15(14)18/h4-10H,1-3H3,(H,20,21). The molecule has 2 aromatic rings. The second-order valence-corrected chi connectivity index (χ2v) is 5.19. The predicted molar refractivity (Wildman–Crippen MR) is 89.0 cm³/mol. The Hall–Kier alpha value is -2.33. The van der Waals surface area contributed by atoms with Gasteiger partial charge in [0.2, 0.25) is 0 Å². The molecule has 0 unspecified atom stereocenters. The molecule has 0 saturated heterocycles. The lowest BCUT2D eigenvalue weighted by atomic mass is 10.0. The first-order valence-corrected chi connectivity index (χ1v) is 7.14. The Morgan fingerprint density at radius 1 is 1.18 bits per heavy atom. The minimum atomic E-state index is -0.343. The topological polar surface area (TPSA) is 50.7 Å². The summed E-state index contributed by atoms with van der Waals surface area (Å²) in [5.74, 6) is 0.486. The van der Waals surface area contributed by atoms with Gasteiger partial charge in [-0.1, -0.05) is 23.7 Å². The maximum absolute atomic E-state index is 12.0. The third kappa shape index (κ3) is 3.46. The van der Waals surface area contributed by atoms with Gasteiger partial charge in [0, 0.05) is 0 Å². The fourth-order valence-corrected chi connectivity index (χ4v) is 2.27. The number of halogens is 1. The Kier molecular flexibility index (Phi) is 5.17. The van der Waals surface area contributed by atoms with Gasteiger partial charge in [-0.3, -0.25) is 4.79 Å². The lowest BCUT2D eigenvalue weighted by molar-refractivity contribution is 0.0955. The highest BCUT2D eigenvalue weighted by Gasteiger charge is 2.08. The van der Waals surface area contributed by atoms with Crippen LogP contribution in [0, 0.1) is 13.8 Å². The largest absolute Gasteiger partial charge is 0.496 e. The number of nitrogens with zero attached hydrogens (tertiary/aromatic N) is 1. The van der Waals surface area contributed by atoms with Crippen LogP contribution in [0.1, 0.15) is 27.0 Å². The van der Waals surface area contributed by atoms with Crippen LogP contribution in [0.2, 0.25) is 5.02 Å².